The summed E-state index contributed by atoms with van der Waals surface area (Å²) >= 11 is 0. The van der Waals surface area contributed by atoms with Crippen LogP contribution in [0.4, 0.5) is 0 Å². The van der Waals surface area contributed by atoms with Crippen LogP contribution in [0.5, 0.6) is 0 Å². The fourth-order valence-electron chi connectivity index (χ4n) is 3.17. The number of hydrogen-bond acceptors (Lipinski definition) is 4. The summed E-state index contributed by atoms with van der Waals surface area (Å²) < 4.78 is 4.75. The number of fused-ring (bicyclic) bond motifs is 1. The maximum absolute atomic E-state index is 11.9. The third-order valence-corrected chi connectivity index (χ3v) is 4.38. The van der Waals surface area contributed by atoms with Gasteiger partial charge in [-0.15, -0.1) is 0 Å². The Bertz CT molecular complexity index is 780. The first-order valence-electron chi connectivity index (χ1n) is 7.95. The maximum atomic E-state index is 11.9. The van der Waals surface area contributed by atoms with Gasteiger partial charge in [-0.1, -0.05) is 12.1 Å². The SMILES string of the molecule is COC(=O)c1cccc(CCc2n[nH]c(=O)c3c2CCCC3)c1. The Balaban J connectivity index is 1.79. The Morgan fingerprint density at radius 3 is 2.78 bits per heavy atom. The number of nitrogens with one attached hydrogen (secondary N) is 1. The molecule has 1 aliphatic rings. The van der Waals surface area contributed by atoms with Crippen LogP contribution in [-0.4, -0.2) is 23.3 Å². The van der Waals surface area contributed by atoms with E-state index in [1.54, 1.807) is 6.07 Å². The van der Waals surface area contributed by atoms with Crippen molar-refractivity contribution in [2.75, 3.05) is 7.11 Å². The number of methoxy groups -OCH3 is 1. The highest BCUT2D eigenvalue weighted by molar-refractivity contribution is 5.89. The number of hydrogen-bond donors (Lipinski definition) is 1. The van der Waals surface area contributed by atoms with Gasteiger partial charge in [-0.25, -0.2) is 9.89 Å². The van der Waals surface area contributed by atoms with Crippen molar-refractivity contribution in [2.24, 2.45) is 0 Å². The van der Waals surface area contributed by atoms with Crippen molar-refractivity contribution >= 4 is 5.97 Å². The predicted octanol–water partition coefficient (Wildman–Crippen LogP) is 2.22. The van der Waals surface area contributed by atoms with Crippen molar-refractivity contribution in [3.63, 3.8) is 0 Å². The number of carbonyl (C=O) groups is 1. The van der Waals surface area contributed by atoms with Crippen LogP contribution in [0, 0.1) is 0 Å². The molecular formula is C18H20N2O3. The van der Waals surface area contributed by atoms with E-state index in [0.717, 1.165) is 60.9 Å². The molecule has 3 rings (SSSR count). The quantitative estimate of drug-likeness (QED) is 0.879. The topological polar surface area (TPSA) is 72.0 Å². The van der Waals surface area contributed by atoms with Gasteiger partial charge in [-0.2, -0.15) is 5.10 Å². The minimum atomic E-state index is -0.327. The lowest BCUT2D eigenvalue weighted by atomic mass is 9.90. The van der Waals surface area contributed by atoms with Gasteiger partial charge in [0.1, 0.15) is 0 Å². The molecule has 1 aromatic heterocycles. The van der Waals surface area contributed by atoms with Crippen molar-refractivity contribution in [1.82, 2.24) is 10.2 Å². The van der Waals surface area contributed by atoms with Gasteiger partial charge in [0, 0.05) is 5.56 Å². The molecule has 2 aromatic rings. The van der Waals surface area contributed by atoms with E-state index in [0.29, 0.717) is 5.56 Å². The lowest BCUT2D eigenvalue weighted by Crippen LogP contribution is -2.23. The number of nitrogens with zero attached hydrogens (tertiary/aromatic N) is 1. The summed E-state index contributed by atoms with van der Waals surface area (Å²) in [6.45, 7) is 0. The largest absolute Gasteiger partial charge is 0.465 e. The highest BCUT2D eigenvalue weighted by Gasteiger charge is 2.17. The monoisotopic (exact) mass is 312 g/mol. The van der Waals surface area contributed by atoms with Crippen LogP contribution >= 0.6 is 0 Å². The highest BCUT2D eigenvalue weighted by Crippen LogP contribution is 2.21. The van der Waals surface area contributed by atoms with Gasteiger partial charge < -0.3 is 4.74 Å². The van der Waals surface area contributed by atoms with Gasteiger partial charge in [-0.3, -0.25) is 4.79 Å². The van der Waals surface area contributed by atoms with Crippen molar-refractivity contribution in [3.8, 4) is 0 Å². The number of aromatic nitrogens is 2. The molecule has 23 heavy (non-hydrogen) atoms. The Morgan fingerprint density at radius 2 is 2.00 bits per heavy atom. The van der Waals surface area contributed by atoms with Gasteiger partial charge in [0.2, 0.25) is 0 Å². The number of aryl methyl sites for hydroxylation is 2. The summed E-state index contributed by atoms with van der Waals surface area (Å²) in [5.74, 6) is -0.327. The summed E-state index contributed by atoms with van der Waals surface area (Å²) in [5, 5.41) is 6.87. The average molecular weight is 312 g/mol. The van der Waals surface area contributed by atoms with Gasteiger partial charge in [-0.05, 0) is 61.8 Å². The molecule has 0 saturated carbocycles. The Kier molecular flexibility index (Phi) is 4.55. The van der Waals surface area contributed by atoms with Crippen LogP contribution in [0.3, 0.4) is 0 Å². The molecule has 0 unspecified atom stereocenters. The minimum absolute atomic E-state index is 0.0452. The molecule has 1 aromatic carbocycles. The summed E-state index contributed by atoms with van der Waals surface area (Å²) in [4.78, 5) is 23.5. The zero-order valence-electron chi connectivity index (χ0n) is 13.2. The summed E-state index contributed by atoms with van der Waals surface area (Å²) in [7, 11) is 1.38. The number of H-pyrrole nitrogens is 1. The molecular weight excluding hydrogens is 292 g/mol. The lowest BCUT2D eigenvalue weighted by Gasteiger charge is -2.17. The number of benzene rings is 1. The molecule has 1 heterocycles. The van der Waals surface area contributed by atoms with Gasteiger partial charge in [0.15, 0.2) is 0 Å². The fraction of sp³-hybridized carbons (Fsp3) is 0.389. The Labute approximate surface area is 134 Å². The second-order valence-electron chi connectivity index (χ2n) is 5.86. The third-order valence-electron chi connectivity index (χ3n) is 4.38. The van der Waals surface area contributed by atoms with Crippen molar-refractivity contribution in [2.45, 2.75) is 38.5 Å². The van der Waals surface area contributed by atoms with Crippen LogP contribution in [0.2, 0.25) is 0 Å². The molecule has 120 valence electrons. The van der Waals surface area contributed by atoms with E-state index in [4.69, 9.17) is 4.74 Å². The summed E-state index contributed by atoms with van der Waals surface area (Å²) in [6, 6.07) is 7.45. The van der Waals surface area contributed by atoms with Gasteiger partial charge in [0.25, 0.3) is 5.56 Å². The molecule has 5 nitrogen and oxygen atoms in total. The lowest BCUT2D eigenvalue weighted by molar-refractivity contribution is 0.0600. The molecule has 5 heteroatoms. The highest BCUT2D eigenvalue weighted by atomic mass is 16.5. The third kappa shape index (κ3) is 3.33. The van der Waals surface area contributed by atoms with E-state index in [9.17, 15) is 9.59 Å². The molecule has 0 radical (unpaired) electrons. The first kappa shape index (κ1) is 15.5. The molecule has 0 spiro atoms. The molecule has 0 fully saturated rings. The average Bonchev–Trinajstić information content (AvgIpc) is 2.61. The van der Waals surface area contributed by atoms with E-state index >= 15 is 0 Å². The second kappa shape index (κ2) is 6.77. The summed E-state index contributed by atoms with van der Waals surface area (Å²) in [5.41, 5.74) is 4.58. The molecule has 0 saturated heterocycles. The number of aromatic amines is 1. The molecule has 0 atom stereocenters. The standard InChI is InChI=1S/C18H20N2O3/c1-23-18(22)13-6-4-5-12(11-13)9-10-16-14-7-2-3-8-15(14)17(21)20-19-16/h4-6,11H,2-3,7-10H2,1H3,(H,20,21). The van der Waals surface area contributed by atoms with E-state index in [2.05, 4.69) is 10.2 Å². The normalized spacial score (nSPS) is 13.4. The van der Waals surface area contributed by atoms with Crippen LogP contribution < -0.4 is 5.56 Å². The van der Waals surface area contributed by atoms with Crippen LogP contribution in [0.25, 0.3) is 0 Å². The van der Waals surface area contributed by atoms with Crippen LogP contribution in [0.1, 0.15) is 45.6 Å². The first-order valence-corrected chi connectivity index (χ1v) is 7.95. The number of esters is 1. The van der Waals surface area contributed by atoms with E-state index in [1.807, 2.05) is 18.2 Å². The second-order valence-corrected chi connectivity index (χ2v) is 5.86. The van der Waals surface area contributed by atoms with Gasteiger partial charge in [0.05, 0.1) is 18.4 Å². The molecule has 0 aliphatic heterocycles. The smallest absolute Gasteiger partial charge is 0.337 e. The van der Waals surface area contributed by atoms with Crippen molar-refractivity contribution in [1.29, 1.82) is 0 Å². The van der Waals surface area contributed by atoms with E-state index < -0.39 is 0 Å². The molecule has 1 N–H and O–H groups in total. The Morgan fingerprint density at radius 1 is 1.22 bits per heavy atom. The Hall–Kier alpha value is -2.43. The van der Waals surface area contributed by atoms with Gasteiger partial charge >= 0.3 is 5.97 Å². The zero-order chi connectivity index (χ0) is 16.2. The number of carbonyl (C=O) groups excluding carboxylic acids is 1. The van der Waals surface area contributed by atoms with Crippen molar-refractivity contribution in [3.05, 3.63) is 62.6 Å². The predicted molar refractivity (Wildman–Crippen MR) is 86.7 cm³/mol. The maximum Gasteiger partial charge on any atom is 0.337 e. The molecule has 0 bridgehead atoms. The van der Waals surface area contributed by atoms with Crippen LogP contribution in [-0.2, 0) is 30.4 Å². The van der Waals surface area contributed by atoms with Crippen molar-refractivity contribution < 1.29 is 9.53 Å². The van der Waals surface area contributed by atoms with E-state index in [-0.39, 0.29) is 11.5 Å². The first-order chi connectivity index (χ1) is 11.2. The van der Waals surface area contributed by atoms with E-state index in [1.165, 1.54) is 7.11 Å². The van der Waals surface area contributed by atoms with Crippen LogP contribution in [0.15, 0.2) is 29.1 Å². The fourth-order valence-corrected chi connectivity index (χ4v) is 3.17. The number of rotatable bonds is 4. The molecule has 0 amide bonds. The number of ether oxygens (including phenoxy) is 1. The minimum Gasteiger partial charge on any atom is -0.465 e. The molecule has 1 aliphatic carbocycles. The summed E-state index contributed by atoms with van der Waals surface area (Å²) in [6.07, 6.45) is 5.49. The zero-order valence-corrected chi connectivity index (χ0v) is 13.2.